The molecule has 0 aliphatic carbocycles. The van der Waals surface area contributed by atoms with Crippen LogP contribution in [0.3, 0.4) is 0 Å². The number of amides is 2. The molecule has 5 nitrogen and oxygen atoms in total. The minimum absolute atomic E-state index is 0.122. The Bertz CT molecular complexity index is 855. The third-order valence-electron chi connectivity index (χ3n) is 4.58. The lowest BCUT2D eigenvalue weighted by molar-refractivity contribution is 0.198. The first kappa shape index (κ1) is 19.2. The smallest absolute Gasteiger partial charge is 0.321 e. The number of aromatic nitrogens is 1. The van der Waals surface area contributed by atoms with E-state index < -0.39 is 0 Å². The van der Waals surface area contributed by atoms with Crippen LogP contribution in [0.2, 0.25) is 5.02 Å². The van der Waals surface area contributed by atoms with Crippen molar-refractivity contribution in [3.8, 4) is 5.88 Å². The SMILES string of the molecule is COc1ccc(NC(=O)N2CCC(=Cc3cc(Cl)ccc3F)C(C)C2)cn1. The van der Waals surface area contributed by atoms with E-state index in [1.165, 1.54) is 19.2 Å². The highest BCUT2D eigenvalue weighted by Crippen LogP contribution is 2.27. The Hall–Kier alpha value is -2.60. The fourth-order valence-corrected chi connectivity index (χ4v) is 3.23. The fraction of sp³-hybridized carbons (Fsp3) is 0.300. The molecule has 2 amide bonds. The van der Waals surface area contributed by atoms with E-state index in [2.05, 4.69) is 10.3 Å². The van der Waals surface area contributed by atoms with Crippen molar-refractivity contribution in [2.45, 2.75) is 13.3 Å². The second-order valence-electron chi connectivity index (χ2n) is 6.50. The highest BCUT2D eigenvalue weighted by atomic mass is 35.5. The van der Waals surface area contributed by atoms with Gasteiger partial charge in [-0.15, -0.1) is 0 Å². The number of likely N-dealkylation sites (tertiary alicyclic amines) is 1. The van der Waals surface area contributed by atoms with Crippen molar-refractivity contribution in [3.05, 3.63) is 58.5 Å². The molecule has 7 heteroatoms. The van der Waals surface area contributed by atoms with Crippen LogP contribution in [0.5, 0.6) is 5.88 Å². The van der Waals surface area contributed by atoms with Gasteiger partial charge < -0.3 is 15.0 Å². The molecule has 1 aliphatic heterocycles. The van der Waals surface area contributed by atoms with Crippen LogP contribution >= 0.6 is 11.6 Å². The first-order valence-electron chi connectivity index (χ1n) is 8.67. The summed E-state index contributed by atoms with van der Waals surface area (Å²) in [4.78, 5) is 18.3. The van der Waals surface area contributed by atoms with Crippen LogP contribution in [0.25, 0.3) is 6.08 Å². The van der Waals surface area contributed by atoms with Gasteiger partial charge in [0.05, 0.1) is 19.0 Å². The van der Waals surface area contributed by atoms with Gasteiger partial charge in [-0.05, 0) is 36.6 Å². The fourth-order valence-electron chi connectivity index (χ4n) is 3.05. The molecule has 1 saturated heterocycles. The highest BCUT2D eigenvalue weighted by molar-refractivity contribution is 6.30. The summed E-state index contributed by atoms with van der Waals surface area (Å²) in [5, 5.41) is 3.34. The van der Waals surface area contributed by atoms with Gasteiger partial charge in [0.25, 0.3) is 0 Å². The second-order valence-corrected chi connectivity index (χ2v) is 6.94. The molecule has 3 rings (SSSR count). The average Bonchev–Trinajstić information content (AvgIpc) is 2.66. The van der Waals surface area contributed by atoms with E-state index in [0.29, 0.717) is 41.7 Å². The zero-order chi connectivity index (χ0) is 19.4. The summed E-state index contributed by atoms with van der Waals surface area (Å²) < 4.78 is 19.0. The molecule has 1 unspecified atom stereocenters. The Morgan fingerprint density at radius 2 is 2.22 bits per heavy atom. The van der Waals surface area contributed by atoms with E-state index in [0.717, 1.165) is 5.57 Å². The van der Waals surface area contributed by atoms with Crippen LogP contribution in [0, 0.1) is 11.7 Å². The van der Waals surface area contributed by atoms with Crippen molar-refractivity contribution in [3.63, 3.8) is 0 Å². The number of carbonyl (C=O) groups excluding carboxylic acids is 1. The number of ether oxygens (including phenoxy) is 1. The summed E-state index contributed by atoms with van der Waals surface area (Å²) in [5.41, 5.74) is 2.19. The monoisotopic (exact) mass is 389 g/mol. The van der Waals surface area contributed by atoms with Gasteiger partial charge in [-0.25, -0.2) is 14.2 Å². The molecular formula is C20H21ClFN3O2. The maximum absolute atomic E-state index is 14.0. The largest absolute Gasteiger partial charge is 0.481 e. The summed E-state index contributed by atoms with van der Waals surface area (Å²) in [5.74, 6) is 0.311. The van der Waals surface area contributed by atoms with E-state index in [1.54, 1.807) is 29.3 Å². The van der Waals surface area contributed by atoms with Gasteiger partial charge in [0.15, 0.2) is 0 Å². The first-order chi connectivity index (χ1) is 13.0. The molecule has 1 aliphatic rings. The molecule has 142 valence electrons. The number of anilines is 1. The van der Waals surface area contributed by atoms with Crippen molar-refractivity contribution in [2.24, 2.45) is 5.92 Å². The number of carbonyl (C=O) groups is 1. The van der Waals surface area contributed by atoms with Crippen LogP contribution in [0.4, 0.5) is 14.9 Å². The normalized spacial score (nSPS) is 18.4. The van der Waals surface area contributed by atoms with E-state index in [1.807, 2.05) is 13.0 Å². The van der Waals surface area contributed by atoms with Gasteiger partial charge in [0.1, 0.15) is 5.82 Å². The third kappa shape index (κ3) is 4.77. The number of nitrogens with zero attached hydrogens (tertiary/aromatic N) is 2. The van der Waals surface area contributed by atoms with Crippen molar-refractivity contribution < 1.29 is 13.9 Å². The van der Waals surface area contributed by atoms with Crippen LogP contribution in [-0.2, 0) is 0 Å². The summed E-state index contributed by atoms with van der Waals surface area (Å²) >= 11 is 5.96. The van der Waals surface area contributed by atoms with Gasteiger partial charge in [-0.1, -0.05) is 30.2 Å². The number of urea groups is 1. The molecule has 2 heterocycles. The molecule has 1 fully saturated rings. The van der Waals surface area contributed by atoms with Crippen LogP contribution in [0.1, 0.15) is 18.9 Å². The van der Waals surface area contributed by atoms with Gasteiger partial charge in [-0.2, -0.15) is 0 Å². The molecule has 1 aromatic carbocycles. The predicted octanol–water partition coefficient (Wildman–Crippen LogP) is 4.84. The molecule has 0 spiro atoms. The molecule has 1 N–H and O–H groups in total. The number of hydrogen-bond donors (Lipinski definition) is 1. The number of rotatable bonds is 3. The van der Waals surface area contributed by atoms with Crippen LogP contribution < -0.4 is 10.1 Å². The van der Waals surface area contributed by atoms with Crippen molar-refractivity contribution in [2.75, 3.05) is 25.5 Å². The second kappa shape index (κ2) is 8.39. The molecule has 2 aromatic rings. The minimum atomic E-state index is -0.300. The van der Waals surface area contributed by atoms with Crippen LogP contribution in [0.15, 0.2) is 42.1 Å². The van der Waals surface area contributed by atoms with Gasteiger partial charge in [-0.3, -0.25) is 0 Å². The summed E-state index contributed by atoms with van der Waals surface area (Å²) in [6.07, 6.45) is 4.08. The van der Waals surface area contributed by atoms with E-state index in [9.17, 15) is 9.18 Å². The summed E-state index contributed by atoms with van der Waals surface area (Å²) in [7, 11) is 1.54. The molecule has 1 atom stereocenters. The lowest BCUT2D eigenvalue weighted by Gasteiger charge is -2.33. The molecule has 27 heavy (non-hydrogen) atoms. The quantitative estimate of drug-likeness (QED) is 0.817. The minimum Gasteiger partial charge on any atom is -0.481 e. The summed E-state index contributed by atoms with van der Waals surface area (Å²) in [6, 6.07) is 7.77. The van der Waals surface area contributed by atoms with E-state index >= 15 is 0 Å². The van der Waals surface area contributed by atoms with Crippen molar-refractivity contribution in [1.82, 2.24) is 9.88 Å². The number of nitrogens with one attached hydrogen (secondary N) is 1. The van der Waals surface area contributed by atoms with Crippen LogP contribution in [-0.4, -0.2) is 36.1 Å². The average molecular weight is 390 g/mol. The Balaban J connectivity index is 1.64. The molecule has 0 saturated carbocycles. The number of halogens is 2. The molecule has 0 radical (unpaired) electrons. The first-order valence-corrected chi connectivity index (χ1v) is 9.05. The number of methoxy groups -OCH3 is 1. The van der Waals surface area contributed by atoms with E-state index in [4.69, 9.17) is 16.3 Å². The number of pyridine rings is 1. The lowest BCUT2D eigenvalue weighted by atomic mass is 9.91. The maximum Gasteiger partial charge on any atom is 0.321 e. The predicted molar refractivity (Wildman–Crippen MR) is 105 cm³/mol. The van der Waals surface area contributed by atoms with Crippen molar-refractivity contribution >= 4 is 29.4 Å². The summed E-state index contributed by atoms with van der Waals surface area (Å²) in [6.45, 7) is 3.15. The Morgan fingerprint density at radius 3 is 2.89 bits per heavy atom. The Labute approximate surface area is 162 Å². The van der Waals surface area contributed by atoms with Gasteiger partial charge in [0, 0.05) is 29.7 Å². The van der Waals surface area contributed by atoms with Crippen molar-refractivity contribution in [1.29, 1.82) is 0 Å². The Morgan fingerprint density at radius 1 is 1.41 bits per heavy atom. The molecule has 1 aromatic heterocycles. The van der Waals surface area contributed by atoms with Gasteiger partial charge >= 0.3 is 6.03 Å². The lowest BCUT2D eigenvalue weighted by Crippen LogP contribution is -2.42. The van der Waals surface area contributed by atoms with Gasteiger partial charge in [0.2, 0.25) is 5.88 Å². The highest BCUT2D eigenvalue weighted by Gasteiger charge is 2.24. The Kier molecular flexibility index (Phi) is 5.96. The third-order valence-corrected chi connectivity index (χ3v) is 4.82. The standard InChI is InChI=1S/C20H21ClFN3O2/c1-13-12-25(20(26)24-17-4-6-19(27-2)23-11-17)8-7-14(13)9-15-10-16(21)3-5-18(15)22/h3-6,9-11,13H,7-8,12H2,1-2H3,(H,24,26). The zero-order valence-corrected chi connectivity index (χ0v) is 16.0. The molecule has 0 bridgehead atoms. The number of hydrogen-bond acceptors (Lipinski definition) is 3. The zero-order valence-electron chi connectivity index (χ0n) is 15.2. The molecular weight excluding hydrogens is 369 g/mol. The van der Waals surface area contributed by atoms with E-state index in [-0.39, 0.29) is 17.8 Å². The maximum atomic E-state index is 14.0. The number of piperidine rings is 1. The number of benzene rings is 1. The topological polar surface area (TPSA) is 54.5 Å².